The number of allylic oxidation sites excluding steroid dienone is 4. The first-order valence-electron chi connectivity index (χ1n) is 24.2. The number of fused-ring (bicyclic) bond motifs is 4. The number of nitrogens with zero attached hydrogens (tertiary/aromatic N) is 4. The number of hydrogen-bond donors (Lipinski definition) is 4. The van der Waals surface area contributed by atoms with Crippen LogP contribution in [0.2, 0.25) is 0 Å². The highest BCUT2D eigenvalue weighted by molar-refractivity contribution is 6.05. The Balaban J connectivity index is 0.927. The van der Waals surface area contributed by atoms with Crippen LogP contribution in [0.3, 0.4) is 0 Å². The number of benzene rings is 2. The van der Waals surface area contributed by atoms with Crippen molar-refractivity contribution in [2.75, 3.05) is 26.7 Å². The Bertz CT molecular complexity index is 2430. The number of aromatic amines is 1. The van der Waals surface area contributed by atoms with Gasteiger partial charge in [-0.1, -0.05) is 43.2 Å². The van der Waals surface area contributed by atoms with E-state index in [1.807, 2.05) is 9.80 Å². The first-order chi connectivity index (χ1) is 30.6. The van der Waals surface area contributed by atoms with Crippen LogP contribution in [-0.4, -0.2) is 94.4 Å². The molecule has 12 heteroatoms. The van der Waals surface area contributed by atoms with E-state index in [2.05, 4.69) is 58.1 Å². The van der Waals surface area contributed by atoms with Crippen LogP contribution in [0.1, 0.15) is 131 Å². The number of hydrogen-bond acceptors (Lipinski definition) is 8. The number of nitrogens with two attached hydrogens (primary N) is 1. The molecule has 1 spiro atoms. The van der Waals surface area contributed by atoms with Gasteiger partial charge >= 0.3 is 6.09 Å². The second-order valence-electron chi connectivity index (χ2n) is 20.5. The second-order valence-corrected chi connectivity index (χ2v) is 20.5. The van der Waals surface area contributed by atoms with E-state index in [9.17, 15) is 14.4 Å². The van der Waals surface area contributed by atoms with Gasteiger partial charge in [0.25, 0.3) is 0 Å². The van der Waals surface area contributed by atoms with E-state index in [0.717, 1.165) is 67.6 Å². The summed E-state index contributed by atoms with van der Waals surface area (Å²) < 4.78 is 4.77. The van der Waals surface area contributed by atoms with Crippen LogP contribution in [0.4, 0.5) is 4.79 Å². The van der Waals surface area contributed by atoms with E-state index in [4.69, 9.17) is 20.4 Å². The van der Waals surface area contributed by atoms with Crippen molar-refractivity contribution in [3.05, 3.63) is 76.1 Å². The lowest BCUT2D eigenvalue weighted by Crippen LogP contribution is -2.52. The summed E-state index contributed by atoms with van der Waals surface area (Å²) in [5.74, 6) is 3.09. The quantitative estimate of drug-likeness (QED) is 0.186. The van der Waals surface area contributed by atoms with Gasteiger partial charge in [-0.25, -0.2) is 9.78 Å². The van der Waals surface area contributed by atoms with Gasteiger partial charge in [-0.05, 0) is 166 Å². The van der Waals surface area contributed by atoms with Crippen molar-refractivity contribution in [1.29, 1.82) is 0 Å². The molecule has 0 radical (unpaired) electrons. The summed E-state index contributed by atoms with van der Waals surface area (Å²) >= 11 is 0. The number of methoxy groups -OCH3 is 1. The summed E-state index contributed by atoms with van der Waals surface area (Å²) in [5, 5.41) is 6.37. The molecular weight excluding hydrogens is 789 g/mol. The SMILES string of the molecule is COC(=O)NC(C)C(=O)N1CCCC1C1N=C(c2ccc(C3=CC=C(c4ccc5nc(C6CCCN6C(=O)C(C)N)[nH]c5c4)C4C5CCC(CC5)C34)c3c2CC2(CCCC2)C3)CN1. The summed E-state index contributed by atoms with van der Waals surface area (Å²) in [5.41, 5.74) is 19.7. The van der Waals surface area contributed by atoms with Crippen LogP contribution in [-0.2, 0) is 27.2 Å². The van der Waals surface area contributed by atoms with E-state index in [1.54, 1.807) is 25.0 Å². The molecule has 6 aliphatic carbocycles. The summed E-state index contributed by atoms with van der Waals surface area (Å²) in [6, 6.07) is 10.4. The standard InChI is InChI=1S/C51H64N8O4/c1-28(52)48(60)58-22-7-9-43(58)47-55-39-19-14-32(24-40(39)56-47)33-15-18-36(45-31-12-10-30(11-13-31)44(33)45)34-16-17-35(38-26-51(25-37(34)38)20-4-5-21-51)41-27-53-46(57-41)42-8-6-23-59(42)49(61)29(2)54-50(62)63-3/h14-19,24,28-31,42-46,53H,4-13,20-23,25-27,52H2,1-3H3,(H,54,62)(H,55,56). The summed E-state index contributed by atoms with van der Waals surface area (Å²) in [7, 11) is 1.32. The maximum atomic E-state index is 13.5. The molecule has 7 unspecified atom stereocenters. The number of imidazole rings is 1. The number of nitrogens with one attached hydrogen (secondary N) is 3. The number of H-pyrrole nitrogens is 1. The predicted octanol–water partition coefficient (Wildman–Crippen LogP) is 7.22. The third kappa shape index (κ3) is 6.96. The molecule has 3 aromatic rings. The molecule has 1 aromatic heterocycles. The molecule has 6 fully saturated rings. The molecule has 3 amide bonds. The molecule has 2 bridgehead atoms. The number of likely N-dealkylation sites (tertiary alicyclic amines) is 2. The first-order valence-corrected chi connectivity index (χ1v) is 24.2. The highest BCUT2D eigenvalue weighted by atomic mass is 16.5. The maximum Gasteiger partial charge on any atom is 0.407 e. The topological polar surface area (TPSA) is 158 Å². The fourth-order valence-corrected chi connectivity index (χ4v) is 14.0. The van der Waals surface area contributed by atoms with Crippen molar-refractivity contribution in [1.82, 2.24) is 30.4 Å². The van der Waals surface area contributed by atoms with E-state index in [1.165, 1.54) is 86.3 Å². The number of carbonyl (C=O) groups excluding carboxylic acids is 3. The largest absolute Gasteiger partial charge is 0.453 e. The van der Waals surface area contributed by atoms with Gasteiger partial charge in [0, 0.05) is 25.2 Å². The molecule has 3 aliphatic heterocycles. The van der Waals surface area contributed by atoms with Crippen LogP contribution >= 0.6 is 0 Å². The maximum absolute atomic E-state index is 13.5. The Morgan fingerprint density at radius 2 is 1.52 bits per heavy atom. The summed E-state index contributed by atoms with van der Waals surface area (Å²) in [6.45, 7) is 5.57. The fraction of sp³-hybridized carbons (Fsp3) is 0.588. The smallest absolute Gasteiger partial charge is 0.407 e. The highest BCUT2D eigenvalue weighted by Crippen LogP contribution is 2.60. The average molecular weight is 853 g/mol. The van der Waals surface area contributed by atoms with E-state index < -0.39 is 18.2 Å². The number of ether oxygens (including phenoxy) is 1. The monoisotopic (exact) mass is 853 g/mol. The first kappa shape index (κ1) is 40.9. The Labute approximate surface area is 370 Å². The minimum Gasteiger partial charge on any atom is -0.453 e. The lowest BCUT2D eigenvalue weighted by atomic mass is 9.52. The predicted molar refractivity (Wildman–Crippen MR) is 245 cm³/mol. The highest BCUT2D eigenvalue weighted by Gasteiger charge is 2.50. The van der Waals surface area contributed by atoms with Crippen molar-refractivity contribution in [2.24, 2.45) is 39.8 Å². The van der Waals surface area contributed by atoms with Crippen molar-refractivity contribution in [2.45, 2.75) is 134 Å². The molecule has 12 nitrogen and oxygen atoms in total. The number of aromatic nitrogens is 2. The van der Waals surface area contributed by atoms with Gasteiger partial charge < -0.3 is 30.6 Å². The van der Waals surface area contributed by atoms with Crippen LogP contribution < -0.4 is 16.4 Å². The van der Waals surface area contributed by atoms with Crippen LogP contribution in [0.25, 0.3) is 22.2 Å². The van der Waals surface area contributed by atoms with E-state index >= 15 is 0 Å². The van der Waals surface area contributed by atoms with Crippen molar-refractivity contribution < 1.29 is 19.1 Å². The summed E-state index contributed by atoms with van der Waals surface area (Å²) in [4.78, 5) is 56.4. The number of amides is 3. The molecule has 2 saturated heterocycles. The van der Waals surface area contributed by atoms with Crippen LogP contribution in [0, 0.1) is 29.1 Å². The van der Waals surface area contributed by atoms with Crippen molar-refractivity contribution in [3.8, 4) is 0 Å². The van der Waals surface area contributed by atoms with Gasteiger partial charge in [-0.3, -0.25) is 19.9 Å². The Hall–Kier alpha value is -4.81. The van der Waals surface area contributed by atoms with Gasteiger partial charge in [0.2, 0.25) is 11.8 Å². The molecular formula is C51H64N8O4. The molecule has 2 aromatic carbocycles. The number of alkyl carbamates (subject to hydrolysis) is 1. The third-order valence-corrected chi connectivity index (χ3v) is 16.9. The fourth-order valence-electron chi connectivity index (χ4n) is 14.0. The van der Waals surface area contributed by atoms with Crippen molar-refractivity contribution in [3.63, 3.8) is 0 Å². The molecule has 5 N–H and O–H groups in total. The zero-order chi connectivity index (χ0) is 43.1. The third-order valence-electron chi connectivity index (χ3n) is 16.9. The minimum absolute atomic E-state index is 0.00706. The van der Waals surface area contributed by atoms with Gasteiger partial charge in [-0.15, -0.1) is 0 Å². The van der Waals surface area contributed by atoms with Crippen molar-refractivity contribution >= 4 is 45.8 Å². The zero-order valence-electron chi connectivity index (χ0n) is 37.3. The van der Waals surface area contributed by atoms with Crippen LogP contribution in [0.5, 0.6) is 0 Å². The number of carbonyl (C=O) groups is 3. The van der Waals surface area contributed by atoms with Gasteiger partial charge in [0.05, 0.1) is 42.0 Å². The average Bonchev–Trinajstić information content (AvgIpc) is 4.17. The van der Waals surface area contributed by atoms with Gasteiger partial charge in [0.1, 0.15) is 18.0 Å². The van der Waals surface area contributed by atoms with Gasteiger partial charge in [-0.2, -0.15) is 0 Å². The molecule has 4 saturated carbocycles. The number of aliphatic imine (C=N–C) groups is 1. The van der Waals surface area contributed by atoms with E-state index in [0.29, 0.717) is 42.2 Å². The van der Waals surface area contributed by atoms with Gasteiger partial charge in [0.15, 0.2) is 0 Å². The Kier molecular flexibility index (Phi) is 10.4. The molecule has 63 heavy (non-hydrogen) atoms. The molecule has 332 valence electrons. The Morgan fingerprint density at radius 3 is 2.27 bits per heavy atom. The zero-order valence-corrected chi connectivity index (χ0v) is 37.3. The molecule has 12 rings (SSSR count). The Morgan fingerprint density at radius 1 is 0.841 bits per heavy atom. The second kappa shape index (κ2) is 16.0. The molecule has 4 heterocycles. The molecule has 7 atom stereocenters. The van der Waals surface area contributed by atoms with E-state index in [-0.39, 0.29) is 30.1 Å². The lowest BCUT2D eigenvalue weighted by molar-refractivity contribution is -0.134. The number of rotatable bonds is 8. The van der Waals surface area contributed by atoms with Crippen LogP contribution in [0.15, 0.2) is 47.5 Å². The lowest BCUT2D eigenvalue weighted by Gasteiger charge is -2.52. The summed E-state index contributed by atoms with van der Waals surface area (Å²) in [6.07, 6.45) is 20.6. The minimum atomic E-state index is -0.665. The molecule has 9 aliphatic rings. The normalized spacial score (nSPS) is 30.3.